The van der Waals surface area contributed by atoms with E-state index in [2.05, 4.69) is 0 Å². The second-order valence-corrected chi connectivity index (χ2v) is 4.11. The minimum Gasteiger partial charge on any atom is -0.269 e. The molecule has 0 atom stereocenters. The molecule has 0 unspecified atom stereocenters. The van der Waals surface area contributed by atoms with Gasteiger partial charge in [-0.05, 0) is 12.1 Å². The first-order valence-corrected chi connectivity index (χ1v) is 5.86. The molecule has 1 heterocycles. The van der Waals surface area contributed by atoms with E-state index in [9.17, 15) is 9.59 Å². The fourth-order valence-corrected chi connectivity index (χ4v) is 2.32. The average molecular weight is 258 g/mol. The van der Waals surface area contributed by atoms with Crippen molar-refractivity contribution >= 4 is 35.0 Å². The lowest BCUT2D eigenvalue weighted by Gasteiger charge is -2.21. The number of hydrogen-bond donors (Lipinski definition) is 0. The molecule has 0 aromatic heterocycles. The number of rotatable bonds is 3. The van der Waals surface area contributed by atoms with Crippen LogP contribution in [0.2, 0.25) is 0 Å². The maximum absolute atomic E-state index is 12.0. The third-order valence-electron chi connectivity index (χ3n) is 2.55. The summed E-state index contributed by atoms with van der Waals surface area (Å²) >= 11 is 11.4. The quantitative estimate of drug-likeness (QED) is 0.615. The van der Waals surface area contributed by atoms with Gasteiger partial charge in [-0.3, -0.25) is 14.5 Å². The number of carbonyl (C=O) groups excluding carboxylic acids is 2. The van der Waals surface area contributed by atoms with E-state index >= 15 is 0 Å². The molecule has 0 bridgehead atoms. The Morgan fingerprint density at radius 2 is 1.44 bits per heavy atom. The number of benzene rings is 1. The van der Waals surface area contributed by atoms with Crippen molar-refractivity contribution in [3.63, 3.8) is 0 Å². The van der Waals surface area contributed by atoms with E-state index in [0.29, 0.717) is 11.1 Å². The maximum Gasteiger partial charge on any atom is 0.261 e. The molecule has 0 aliphatic carbocycles. The largest absolute Gasteiger partial charge is 0.269 e. The predicted molar refractivity (Wildman–Crippen MR) is 62.2 cm³/mol. The van der Waals surface area contributed by atoms with Gasteiger partial charge < -0.3 is 0 Å². The Hall–Kier alpha value is -1.06. The van der Waals surface area contributed by atoms with Crippen molar-refractivity contribution in [1.29, 1.82) is 0 Å². The fourth-order valence-electron chi connectivity index (χ4n) is 1.72. The van der Waals surface area contributed by atoms with Crippen LogP contribution in [0, 0.1) is 0 Å². The van der Waals surface area contributed by atoms with Crippen molar-refractivity contribution in [2.24, 2.45) is 0 Å². The zero-order valence-corrected chi connectivity index (χ0v) is 9.83. The second kappa shape index (κ2) is 4.44. The van der Waals surface area contributed by atoms with E-state index < -0.39 is 6.04 Å². The monoisotopic (exact) mass is 257 g/mol. The summed E-state index contributed by atoms with van der Waals surface area (Å²) in [5.41, 5.74) is 0.848. The summed E-state index contributed by atoms with van der Waals surface area (Å²) in [7, 11) is 0. The first kappa shape index (κ1) is 11.4. The summed E-state index contributed by atoms with van der Waals surface area (Å²) < 4.78 is 0. The first-order chi connectivity index (χ1) is 7.70. The molecule has 2 rings (SSSR count). The molecule has 1 aromatic rings. The van der Waals surface area contributed by atoms with Gasteiger partial charge in [-0.1, -0.05) is 12.1 Å². The molecule has 84 valence electrons. The standard InChI is InChI=1S/C11H9Cl2NO2/c12-5-7(6-13)14-10(15)8-3-1-2-4-9(8)11(14)16/h1-4,7H,5-6H2. The molecule has 16 heavy (non-hydrogen) atoms. The third-order valence-corrected chi connectivity index (χ3v) is 3.26. The van der Waals surface area contributed by atoms with E-state index in [0.717, 1.165) is 4.90 Å². The van der Waals surface area contributed by atoms with Gasteiger partial charge in [-0.25, -0.2) is 0 Å². The molecule has 0 spiro atoms. The van der Waals surface area contributed by atoms with Crippen LogP contribution in [0.4, 0.5) is 0 Å². The maximum atomic E-state index is 12.0. The Labute approximate surface area is 103 Å². The number of hydrogen-bond acceptors (Lipinski definition) is 2. The van der Waals surface area contributed by atoms with Crippen molar-refractivity contribution in [1.82, 2.24) is 4.90 Å². The molecule has 0 N–H and O–H groups in total. The summed E-state index contributed by atoms with van der Waals surface area (Å²) in [5, 5.41) is 0. The van der Waals surface area contributed by atoms with E-state index in [1.54, 1.807) is 24.3 Å². The van der Waals surface area contributed by atoms with Crippen molar-refractivity contribution in [2.75, 3.05) is 11.8 Å². The average Bonchev–Trinajstić information content (AvgIpc) is 2.57. The molecular formula is C11H9Cl2NO2. The van der Waals surface area contributed by atoms with Gasteiger partial charge in [0.2, 0.25) is 0 Å². The SMILES string of the molecule is O=C1c2ccccc2C(=O)N1C(CCl)CCl. The molecule has 0 saturated heterocycles. The number of amides is 2. The van der Waals surface area contributed by atoms with Crippen LogP contribution in [0.15, 0.2) is 24.3 Å². The van der Waals surface area contributed by atoms with Gasteiger partial charge in [0.1, 0.15) is 0 Å². The molecule has 2 amide bonds. The molecule has 0 fully saturated rings. The minimum absolute atomic E-state index is 0.148. The van der Waals surface area contributed by atoms with Crippen LogP contribution in [0.5, 0.6) is 0 Å². The number of fused-ring (bicyclic) bond motifs is 1. The summed E-state index contributed by atoms with van der Waals surface area (Å²) in [6.45, 7) is 0. The predicted octanol–water partition coefficient (Wildman–Crippen LogP) is 2.13. The highest BCUT2D eigenvalue weighted by Crippen LogP contribution is 2.25. The molecule has 1 aliphatic rings. The van der Waals surface area contributed by atoms with Gasteiger partial charge in [0, 0.05) is 11.8 Å². The number of halogens is 2. The van der Waals surface area contributed by atoms with Crippen LogP contribution in [0.3, 0.4) is 0 Å². The Morgan fingerprint density at radius 1 is 1.00 bits per heavy atom. The van der Waals surface area contributed by atoms with Crippen molar-refractivity contribution in [3.8, 4) is 0 Å². The van der Waals surface area contributed by atoms with Crippen LogP contribution in [-0.4, -0.2) is 34.5 Å². The highest BCUT2D eigenvalue weighted by Gasteiger charge is 2.38. The normalized spacial score (nSPS) is 14.8. The lowest BCUT2D eigenvalue weighted by Crippen LogP contribution is -2.42. The highest BCUT2D eigenvalue weighted by atomic mass is 35.5. The van der Waals surface area contributed by atoms with Gasteiger partial charge in [-0.2, -0.15) is 0 Å². The Balaban J connectivity index is 2.42. The smallest absolute Gasteiger partial charge is 0.261 e. The van der Waals surface area contributed by atoms with E-state index in [-0.39, 0.29) is 23.6 Å². The lowest BCUT2D eigenvalue weighted by molar-refractivity contribution is 0.0613. The number of alkyl halides is 2. The van der Waals surface area contributed by atoms with Gasteiger partial charge in [0.25, 0.3) is 11.8 Å². The second-order valence-electron chi connectivity index (χ2n) is 3.49. The van der Waals surface area contributed by atoms with Crippen LogP contribution < -0.4 is 0 Å². The van der Waals surface area contributed by atoms with Crippen molar-refractivity contribution < 1.29 is 9.59 Å². The zero-order chi connectivity index (χ0) is 11.7. The molecule has 1 aromatic carbocycles. The molecule has 1 aliphatic heterocycles. The molecule has 0 saturated carbocycles. The van der Waals surface area contributed by atoms with E-state index in [4.69, 9.17) is 23.2 Å². The summed E-state index contributed by atoms with van der Waals surface area (Å²) in [6.07, 6.45) is 0. The summed E-state index contributed by atoms with van der Waals surface area (Å²) in [6, 6.07) is 6.27. The summed E-state index contributed by atoms with van der Waals surface area (Å²) in [4.78, 5) is 25.1. The molecular weight excluding hydrogens is 249 g/mol. The van der Waals surface area contributed by atoms with Crippen LogP contribution in [0.25, 0.3) is 0 Å². The van der Waals surface area contributed by atoms with Gasteiger partial charge in [0.05, 0.1) is 17.2 Å². The Bertz CT molecular complexity index is 408. The number of nitrogens with zero attached hydrogens (tertiary/aromatic N) is 1. The van der Waals surface area contributed by atoms with Crippen LogP contribution in [-0.2, 0) is 0 Å². The van der Waals surface area contributed by atoms with Crippen LogP contribution in [0.1, 0.15) is 20.7 Å². The van der Waals surface area contributed by atoms with Crippen LogP contribution >= 0.6 is 23.2 Å². The first-order valence-electron chi connectivity index (χ1n) is 4.79. The number of imide groups is 1. The molecule has 3 nitrogen and oxygen atoms in total. The zero-order valence-electron chi connectivity index (χ0n) is 8.32. The van der Waals surface area contributed by atoms with Gasteiger partial charge in [0.15, 0.2) is 0 Å². The topological polar surface area (TPSA) is 37.4 Å². The van der Waals surface area contributed by atoms with Gasteiger partial charge >= 0.3 is 0 Å². The molecule has 5 heteroatoms. The van der Waals surface area contributed by atoms with Crippen molar-refractivity contribution in [2.45, 2.75) is 6.04 Å². The number of carbonyl (C=O) groups is 2. The summed E-state index contributed by atoms with van der Waals surface area (Å²) in [5.74, 6) is -0.331. The highest BCUT2D eigenvalue weighted by molar-refractivity contribution is 6.25. The third kappa shape index (κ3) is 1.60. The van der Waals surface area contributed by atoms with Crippen molar-refractivity contribution in [3.05, 3.63) is 35.4 Å². The fraction of sp³-hybridized carbons (Fsp3) is 0.273. The van der Waals surface area contributed by atoms with E-state index in [1.165, 1.54) is 0 Å². The molecule has 0 radical (unpaired) electrons. The Morgan fingerprint density at radius 3 is 1.81 bits per heavy atom. The minimum atomic E-state index is -0.448. The van der Waals surface area contributed by atoms with E-state index in [1.807, 2.05) is 0 Å². The lowest BCUT2D eigenvalue weighted by atomic mass is 10.1. The Kier molecular flexibility index (Phi) is 3.17. The van der Waals surface area contributed by atoms with Gasteiger partial charge in [-0.15, -0.1) is 23.2 Å².